The van der Waals surface area contributed by atoms with Crippen molar-refractivity contribution in [3.8, 4) is 0 Å². The van der Waals surface area contributed by atoms with Gasteiger partial charge in [0, 0.05) is 0 Å². The van der Waals surface area contributed by atoms with Crippen molar-refractivity contribution in [2.24, 2.45) is 22.2 Å². The van der Waals surface area contributed by atoms with Crippen molar-refractivity contribution < 1.29 is 0 Å². The zero-order valence-electron chi connectivity index (χ0n) is 19.6. The maximum absolute atomic E-state index is 2.64. The molecule has 4 unspecified atom stereocenters. The summed E-state index contributed by atoms with van der Waals surface area (Å²) in [6.07, 6.45) is 17.1. The first-order valence-electron chi connectivity index (χ1n) is 11.7. The van der Waals surface area contributed by atoms with Crippen LogP contribution in [0.3, 0.4) is 0 Å². The Morgan fingerprint density at radius 3 is 1.69 bits per heavy atom. The van der Waals surface area contributed by atoms with Gasteiger partial charge in [-0.1, -0.05) is 115 Å². The second-order valence-corrected chi connectivity index (χ2v) is 10.3. The Bertz CT molecular complexity index is 331. The monoisotopic (exact) mass is 368 g/mol. The van der Waals surface area contributed by atoms with Gasteiger partial charge >= 0.3 is 0 Å². The van der Waals surface area contributed by atoms with Gasteiger partial charge in [0.2, 0.25) is 0 Å². The van der Waals surface area contributed by atoms with Crippen LogP contribution in [-0.2, 0) is 0 Å². The molecule has 0 nitrogen and oxygen atoms in total. The van der Waals surface area contributed by atoms with E-state index in [2.05, 4.69) is 62.3 Å². The fourth-order valence-electron chi connectivity index (χ4n) is 5.12. The average Bonchev–Trinajstić information content (AvgIpc) is 2.54. The van der Waals surface area contributed by atoms with Gasteiger partial charge in [-0.2, -0.15) is 0 Å². The van der Waals surface area contributed by atoms with Crippen LogP contribution in [0.5, 0.6) is 0 Å². The Balaban J connectivity index is 0. The van der Waals surface area contributed by atoms with Crippen LogP contribution in [0.25, 0.3) is 0 Å². The van der Waals surface area contributed by atoms with Gasteiger partial charge < -0.3 is 0 Å². The summed E-state index contributed by atoms with van der Waals surface area (Å²) in [6, 6.07) is 0. The molecule has 0 aromatic rings. The van der Waals surface area contributed by atoms with Crippen LogP contribution >= 0.6 is 0 Å². The lowest BCUT2D eigenvalue weighted by Gasteiger charge is -2.54. The van der Waals surface area contributed by atoms with E-state index in [0.717, 1.165) is 5.92 Å². The number of fused-ring (bicyclic) bond motifs is 2. The second-order valence-electron chi connectivity index (χ2n) is 10.3. The van der Waals surface area contributed by atoms with Crippen LogP contribution in [-0.4, -0.2) is 0 Å². The molecular weight excluding hydrogens is 312 g/mol. The molecule has 0 aliphatic heterocycles. The molecule has 160 valence electrons. The molecule has 2 fully saturated rings. The Hall–Kier alpha value is 0. The van der Waals surface area contributed by atoms with Gasteiger partial charge in [-0.15, -0.1) is 0 Å². The molecule has 0 amide bonds. The Morgan fingerprint density at radius 2 is 1.19 bits per heavy atom. The summed E-state index contributed by atoms with van der Waals surface area (Å²) >= 11 is 0. The third-order valence-corrected chi connectivity index (χ3v) is 7.24. The number of rotatable bonds is 1. The SMILES string of the molecule is C.CCC.CCC.CCC1(C)CCCCC2(C)CCC(C)CCC1(C)C2. The van der Waals surface area contributed by atoms with Gasteiger partial charge in [0.05, 0.1) is 0 Å². The fraction of sp³-hybridized carbons (Fsp3) is 1.00. The predicted molar refractivity (Wildman–Crippen MR) is 124 cm³/mol. The summed E-state index contributed by atoms with van der Waals surface area (Å²) in [5.41, 5.74) is 1.78. The van der Waals surface area contributed by atoms with Crippen LogP contribution in [0, 0.1) is 22.2 Å². The molecule has 0 N–H and O–H groups in total. The zero-order valence-corrected chi connectivity index (χ0v) is 19.6. The molecule has 4 atom stereocenters. The maximum atomic E-state index is 2.64. The predicted octanol–water partition coefficient (Wildman–Crippen LogP) is 10.1. The van der Waals surface area contributed by atoms with Crippen molar-refractivity contribution in [1.82, 2.24) is 0 Å². The van der Waals surface area contributed by atoms with E-state index in [1.807, 2.05) is 0 Å². The third kappa shape index (κ3) is 8.35. The highest BCUT2D eigenvalue weighted by Crippen LogP contribution is 2.59. The van der Waals surface area contributed by atoms with Gasteiger partial charge in [-0.3, -0.25) is 0 Å². The first kappa shape index (κ1) is 28.2. The molecule has 0 aromatic heterocycles. The van der Waals surface area contributed by atoms with E-state index in [1.165, 1.54) is 77.0 Å². The van der Waals surface area contributed by atoms with Gasteiger partial charge in [-0.25, -0.2) is 0 Å². The van der Waals surface area contributed by atoms with Crippen molar-refractivity contribution in [2.45, 2.75) is 147 Å². The first-order valence-corrected chi connectivity index (χ1v) is 11.7. The van der Waals surface area contributed by atoms with Gasteiger partial charge in [0.15, 0.2) is 0 Å². The summed E-state index contributed by atoms with van der Waals surface area (Å²) in [4.78, 5) is 0. The highest BCUT2D eigenvalue weighted by Gasteiger charge is 2.48. The second kappa shape index (κ2) is 13.2. The Labute approximate surface area is 169 Å². The summed E-state index contributed by atoms with van der Waals surface area (Å²) in [5.74, 6) is 0.944. The van der Waals surface area contributed by atoms with Crippen molar-refractivity contribution >= 4 is 0 Å². The standard InChI is InChI=1S/C19H36.2C3H8.CH4/c1-6-18(4)12-8-7-11-17(3)13-9-16(2)10-14-19(18,5)15-17;2*1-3-2;/h16H,6-15H2,1-5H3;2*3H2,1-2H3;1H4. The first-order chi connectivity index (χ1) is 11.7. The minimum absolute atomic E-state index is 0. The fourth-order valence-corrected chi connectivity index (χ4v) is 5.12. The molecule has 0 saturated heterocycles. The van der Waals surface area contributed by atoms with E-state index < -0.39 is 0 Å². The van der Waals surface area contributed by atoms with Crippen molar-refractivity contribution in [3.05, 3.63) is 0 Å². The number of hydrogen-bond donors (Lipinski definition) is 0. The van der Waals surface area contributed by atoms with E-state index in [-0.39, 0.29) is 7.43 Å². The molecule has 2 rings (SSSR count). The van der Waals surface area contributed by atoms with Crippen LogP contribution < -0.4 is 0 Å². The minimum atomic E-state index is 0. The minimum Gasteiger partial charge on any atom is -0.0776 e. The normalized spacial score (nSPS) is 37.0. The summed E-state index contributed by atoms with van der Waals surface area (Å²) in [7, 11) is 0. The quantitative estimate of drug-likeness (QED) is 0.431. The number of hydrogen-bond acceptors (Lipinski definition) is 0. The van der Waals surface area contributed by atoms with Gasteiger partial charge in [-0.05, 0) is 54.3 Å². The largest absolute Gasteiger partial charge is 0.0776 e. The van der Waals surface area contributed by atoms with E-state index in [4.69, 9.17) is 0 Å². The van der Waals surface area contributed by atoms with Crippen LogP contribution in [0.4, 0.5) is 0 Å². The van der Waals surface area contributed by atoms with Crippen molar-refractivity contribution in [3.63, 3.8) is 0 Å². The summed E-state index contributed by atoms with van der Waals surface area (Å²) in [6.45, 7) is 21.3. The van der Waals surface area contributed by atoms with E-state index in [9.17, 15) is 0 Å². The van der Waals surface area contributed by atoms with Crippen molar-refractivity contribution in [2.75, 3.05) is 0 Å². The lowest BCUT2D eigenvalue weighted by Crippen LogP contribution is -2.44. The summed E-state index contributed by atoms with van der Waals surface area (Å²) in [5, 5.41) is 0. The highest BCUT2D eigenvalue weighted by molar-refractivity contribution is 4.98. The van der Waals surface area contributed by atoms with E-state index in [0.29, 0.717) is 16.2 Å². The maximum Gasteiger partial charge on any atom is -0.0267 e. The molecule has 2 saturated carbocycles. The average molecular weight is 369 g/mol. The Kier molecular flexibility index (Phi) is 14.3. The van der Waals surface area contributed by atoms with Crippen LogP contribution in [0.1, 0.15) is 147 Å². The lowest BCUT2D eigenvalue weighted by atomic mass is 9.51. The Morgan fingerprint density at radius 1 is 0.731 bits per heavy atom. The molecule has 0 heterocycles. The van der Waals surface area contributed by atoms with E-state index in [1.54, 1.807) is 0 Å². The molecular formula is C26H56. The molecule has 2 aliphatic rings. The molecule has 0 spiro atoms. The van der Waals surface area contributed by atoms with Crippen LogP contribution in [0.15, 0.2) is 0 Å². The van der Waals surface area contributed by atoms with E-state index >= 15 is 0 Å². The molecule has 0 heteroatoms. The molecule has 2 aliphatic carbocycles. The molecule has 26 heavy (non-hydrogen) atoms. The zero-order chi connectivity index (χ0) is 19.6. The molecule has 0 aromatic carbocycles. The summed E-state index contributed by atoms with van der Waals surface area (Å²) < 4.78 is 0. The molecule has 2 bridgehead atoms. The van der Waals surface area contributed by atoms with Gasteiger partial charge in [0.25, 0.3) is 0 Å². The molecule has 0 radical (unpaired) electrons. The topological polar surface area (TPSA) is 0 Å². The highest BCUT2D eigenvalue weighted by atomic mass is 14.5. The van der Waals surface area contributed by atoms with Gasteiger partial charge in [0.1, 0.15) is 0 Å². The third-order valence-electron chi connectivity index (χ3n) is 7.24. The van der Waals surface area contributed by atoms with Crippen molar-refractivity contribution in [1.29, 1.82) is 0 Å². The lowest BCUT2D eigenvalue weighted by molar-refractivity contribution is -0.0369. The smallest absolute Gasteiger partial charge is 0.0267 e. The van der Waals surface area contributed by atoms with Crippen LogP contribution in [0.2, 0.25) is 0 Å².